The van der Waals surface area contributed by atoms with Gasteiger partial charge in [-0.3, -0.25) is 9.48 Å². The minimum atomic E-state index is -0.192. The summed E-state index contributed by atoms with van der Waals surface area (Å²) in [6, 6.07) is 2.16. The zero-order valence-corrected chi connectivity index (χ0v) is 10.5. The molecule has 90 valence electrons. The first-order valence-electron chi connectivity index (χ1n) is 5.76. The minimum absolute atomic E-state index is 0.0581. The molecule has 0 aliphatic rings. The Hall–Kier alpha value is -1.32. The monoisotopic (exact) mass is 224 g/mol. The van der Waals surface area contributed by atoms with Crippen molar-refractivity contribution in [3.63, 3.8) is 0 Å². The second kappa shape index (κ2) is 5.68. The smallest absolute Gasteiger partial charge is 0.307 e. The van der Waals surface area contributed by atoms with Gasteiger partial charge < -0.3 is 4.74 Å². The summed E-state index contributed by atoms with van der Waals surface area (Å²) in [5, 5.41) is 4.50. The second-order valence-corrected chi connectivity index (χ2v) is 3.91. The molecule has 1 atom stereocenters. The predicted octanol–water partition coefficient (Wildman–Crippen LogP) is 2.13. The Morgan fingerprint density at radius 2 is 2.19 bits per heavy atom. The summed E-state index contributed by atoms with van der Waals surface area (Å²) in [5.41, 5.74) is 2.25. The van der Waals surface area contributed by atoms with Crippen LogP contribution in [0.2, 0.25) is 0 Å². The first-order chi connectivity index (χ1) is 7.62. The fraction of sp³-hybridized carbons (Fsp3) is 0.667. The van der Waals surface area contributed by atoms with Gasteiger partial charge in [-0.15, -0.1) is 0 Å². The molecule has 1 rings (SSSR count). The summed E-state index contributed by atoms with van der Waals surface area (Å²) in [7, 11) is 1.41. The van der Waals surface area contributed by atoms with Gasteiger partial charge in [0.2, 0.25) is 0 Å². The lowest BCUT2D eigenvalue weighted by atomic mass is 10.2. The Kier molecular flexibility index (Phi) is 4.52. The molecule has 1 aromatic rings. The van der Waals surface area contributed by atoms with Crippen molar-refractivity contribution < 1.29 is 9.53 Å². The van der Waals surface area contributed by atoms with Gasteiger partial charge in [0, 0.05) is 5.69 Å². The number of hydrogen-bond donors (Lipinski definition) is 0. The van der Waals surface area contributed by atoms with Gasteiger partial charge in [0.15, 0.2) is 0 Å². The number of esters is 1. The van der Waals surface area contributed by atoms with Crippen LogP contribution in [0.25, 0.3) is 0 Å². The highest BCUT2D eigenvalue weighted by atomic mass is 16.5. The summed E-state index contributed by atoms with van der Waals surface area (Å²) in [4.78, 5) is 11.2. The largest absolute Gasteiger partial charge is 0.469 e. The van der Waals surface area contributed by atoms with E-state index in [4.69, 9.17) is 0 Å². The molecule has 0 aliphatic heterocycles. The van der Waals surface area contributed by atoms with Crippen molar-refractivity contribution in [3.8, 4) is 0 Å². The van der Waals surface area contributed by atoms with Crippen molar-refractivity contribution in [2.45, 2.75) is 46.1 Å². The Morgan fingerprint density at radius 3 is 2.69 bits per heavy atom. The Labute approximate surface area is 96.6 Å². The van der Waals surface area contributed by atoms with Crippen molar-refractivity contribution >= 4 is 5.97 Å². The van der Waals surface area contributed by atoms with Crippen LogP contribution in [0.1, 0.15) is 44.6 Å². The SMILES string of the molecule is CCc1cc(CC)n(C(C)CC(=O)OC)n1. The zero-order chi connectivity index (χ0) is 12.1. The van der Waals surface area contributed by atoms with Gasteiger partial charge in [-0.25, -0.2) is 0 Å². The van der Waals surface area contributed by atoms with Gasteiger partial charge in [0.05, 0.1) is 25.3 Å². The van der Waals surface area contributed by atoms with E-state index in [9.17, 15) is 4.79 Å². The van der Waals surface area contributed by atoms with Crippen molar-refractivity contribution in [3.05, 3.63) is 17.5 Å². The van der Waals surface area contributed by atoms with E-state index in [1.807, 2.05) is 11.6 Å². The molecule has 4 nitrogen and oxygen atoms in total. The Morgan fingerprint density at radius 1 is 1.50 bits per heavy atom. The molecule has 0 aliphatic carbocycles. The number of carbonyl (C=O) groups excluding carboxylic acids is 1. The molecule has 16 heavy (non-hydrogen) atoms. The lowest BCUT2D eigenvalue weighted by molar-refractivity contribution is -0.141. The molecule has 0 fully saturated rings. The third kappa shape index (κ3) is 2.84. The van der Waals surface area contributed by atoms with E-state index in [1.165, 1.54) is 12.8 Å². The highest BCUT2D eigenvalue weighted by molar-refractivity contribution is 5.69. The third-order valence-corrected chi connectivity index (χ3v) is 2.70. The van der Waals surface area contributed by atoms with Crippen LogP contribution in [-0.2, 0) is 22.4 Å². The summed E-state index contributed by atoms with van der Waals surface area (Å²) in [6.45, 7) is 6.16. The van der Waals surface area contributed by atoms with Crippen LogP contribution in [-0.4, -0.2) is 22.9 Å². The molecule has 1 heterocycles. The Bertz CT molecular complexity index is 358. The lowest BCUT2D eigenvalue weighted by Gasteiger charge is -2.13. The van der Waals surface area contributed by atoms with Crippen LogP contribution in [0.3, 0.4) is 0 Å². The molecular weight excluding hydrogens is 204 g/mol. The van der Waals surface area contributed by atoms with Gasteiger partial charge in [0.25, 0.3) is 0 Å². The first kappa shape index (κ1) is 12.7. The maximum Gasteiger partial charge on any atom is 0.307 e. The van der Waals surface area contributed by atoms with E-state index in [0.717, 1.165) is 18.5 Å². The van der Waals surface area contributed by atoms with E-state index >= 15 is 0 Å². The maximum atomic E-state index is 11.2. The van der Waals surface area contributed by atoms with Crippen molar-refractivity contribution in [2.24, 2.45) is 0 Å². The minimum Gasteiger partial charge on any atom is -0.469 e. The van der Waals surface area contributed by atoms with Gasteiger partial charge in [0.1, 0.15) is 0 Å². The number of rotatable bonds is 5. The van der Waals surface area contributed by atoms with Crippen LogP contribution in [0.15, 0.2) is 6.07 Å². The number of aromatic nitrogens is 2. The average molecular weight is 224 g/mol. The predicted molar refractivity (Wildman–Crippen MR) is 62.3 cm³/mol. The van der Waals surface area contributed by atoms with Crippen molar-refractivity contribution in [2.75, 3.05) is 7.11 Å². The average Bonchev–Trinajstić information content (AvgIpc) is 2.71. The van der Waals surface area contributed by atoms with Crippen LogP contribution >= 0.6 is 0 Å². The van der Waals surface area contributed by atoms with E-state index in [0.29, 0.717) is 6.42 Å². The molecule has 1 aromatic heterocycles. The van der Waals surface area contributed by atoms with Crippen LogP contribution < -0.4 is 0 Å². The first-order valence-corrected chi connectivity index (χ1v) is 5.76. The van der Waals surface area contributed by atoms with Crippen molar-refractivity contribution in [1.82, 2.24) is 9.78 Å². The fourth-order valence-electron chi connectivity index (χ4n) is 1.72. The molecule has 0 radical (unpaired) electrons. The number of nitrogens with zero attached hydrogens (tertiary/aromatic N) is 2. The van der Waals surface area contributed by atoms with E-state index < -0.39 is 0 Å². The number of aryl methyl sites for hydroxylation is 2. The van der Waals surface area contributed by atoms with Crippen LogP contribution in [0.5, 0.6) is 0 Å². The number of methoxy groups -OCH3 is 1. The quantitative estimate of drug-likeness (QED) is 0.720. The Balaban J connectivity index is 2.84. The number of carbonyl (C=O) groups is 1. The molecule has 0 N–H and O–H groups in total. The molecule has 0 amide bonds. The molecule has 4 heteroatoms. The van der Waals surface area contributed by atoms with E-state index in [1.54, 1.807) is 0 Å². The molecule has 1 unspecified atom stereocenters. The highest BCUT2D eigenvalue weighted by Gasteiger charge is 2.15. The molecule has 0 bridgehead atoms. The summed E-state index contributed by atoms with van der Waals surface area (Å²) in [6.07, 6.45) is 2.22. The molecule has 0 saturated carbocycles. The van der Waals surface area contributed by atoms with Gasteiger partial charge >= 0.3 is 5.97 Å². The maximum absolute atomic E-state index is 11.2. The number of ether oxygens (including phenoxy) is 1. The topological polar surface area (TPSA) is 44.1 Å². The highest BCUT2D eigenvalue weighted by Crippen LogP contribution is 2.16. The normalized spacial score (nSPS) is 12.5. The summed E-state index contributed by atoms with van der Waals surface area (Å²) in [5.74, 6) is -0.192. The van der Waals surface area contributed by atoms with Crippen LogP contribution in [0.4, 0.5) is 0 Å². The zero-order valence-electron chi connectivity index (χ0n) is 10.5. The summed E-state index contributed by atoms with van der Waals surface area (Å²) < 4.78 is 6.61. The number of hydrogen-bond acceptors (Lipinski definition) is 3. The van der Waals surface area contributed by atoms with Crippen LogP contribution in [0, 0.1) is 0 Å². The summed E-state index contributed by atoms with van der Waals surface area (Å²) >= 11 is 0. The van der Waals surface area contributed by atoms with E-state index in [2.05, 4.69) is 29.7 Å². The van der Waals surface area contributed by atoms with Gasteiger partial charge in [-0.05, 0) is 25.8 Å². The van der Waals surface area contributed by atoms with Gasteiger partial charge in [-0.2, -0.15) is 5.10 Å². The molecule has 0 spiro atoms. The molecular formula is C12H20N2O2. The molecule has 0 aromatic carbocycles. The third-order valence-electron chi connectivity index (χ3n) is 2.70. The van der Waals surface area contributed by atoms with E-state index in [-0.39, 0.29) is 12.0 Å². The fourth-order valence-corrected chi connectivity index (χ4v) is 1.72. The standard InChI is InChI=1S/C12H20N2O2/c1-5-10-8-11(6-2)14(13-10)9(3)7-12(15)16-4/h8-9H,5-7H2,1-4H3. The van der Waals surface area contributed by atoms with Crippen molar-refractivity contribution in [1.29, 1.82) is 0 Å². The lowest BCUT2D eigenvalue weighted by Crippen LogP contribution is -2.15. The molecule has 0 saturated heterocycles. The van der Waals surface area contributed by atoms with Gasteiger partial charge in [-0.1, -0.05) is 13.8 Å². The second-order valence-electron chi connectivity index (χ2n) is 3.91.